The molecule has 0 fully saturated rings. The highest BCUT2D eigenvalue weighted by Gasteiger charge is 2.32. The summed E-state index contributed by atoms with van der Waals surface area (Å²) in [6.45, 7) is 3.52. The van der Waals surface area contributed by atoms with Crippen molar-refractivity contribution in [3.05, 3.63) is 18.2 Å². The van der Waals surface area contributed by atoms with Gasteiger partial charge < -0.3 is 42.0 Å². The maximum atomic E-state index is 12.9. The molecule has 1 aromatic rings. The van der Waals surface area contributed by atoms with Crippen LogP contribution in [0.1, 0.15) is 45.2 Å². The highest BCUT2D eigenvalue weighted by molar-refractivity contribution is 5.95. The van der Waals surface area contributed by atoms with Crippen LogP contribution in [0, 0.1) is 5.92 Å². The molecule has 0 bridgehead atoms. The molecular weight excluding hydrogens is 480 g/mol. The minimum absolute atomic E-state index is 0.192. The smallest absolute Gasteiger partial charge is 0.326 e. The SMILES string of the molecule is CCC(C)C(N)C(=O)NC(CC(=O)O)C(=O)NC(Cc1cnc[nH]1)C(=O)NC(CCC(=O)O)C(=O)O. The molecule has 3 amide bonds. The topological polar surface area (TPSA) is 254 Å². The van der Waals surface area contributed by atoms with E-state index in [0.717, 1.165) is 0 Å². The molecule has 0 spiro atoms. The lowest BCUT2D eigenvalue weighted by Gasteiger charge is -2.25. The third-order valence-corrected chi connectivity index (χ3v) is 5.44. The molecule has 9 N–H and O–H groups in total. The molecule has 1 heterocycles. The van der Waals surface area contributed by atoms with Crippen LogP contribution in [0.5, 0.6) is 0 Å². The molecule has 15 heteroatoms. The van der Waals surface area contributed by atoms with E-state index in [4.69, 9.17) is 10.8 Å². The number of imidazole rings is 1. The second-order valence-corrected chi connectivity index (χ2v) is 8.24. The Hall–Kier alpha value is -4.01. The zero-order chi connectivity index (χ0) is 27.4. The van der Waals surface area contributed by atoms with Gasteiger partial charge in [-0.05, 0) is 12.3 Å². The van der Waals surface area contributed by atoms with E-state index in [0.29, 0.717) is 12.1 Å². The first kappa shape index (κ1) is 30.0. The first-order valence-electron chi connectivity index (χ1n) is 11.2. The number of carboxylic acids is 3. The van der Waals surface area contributed by atoms with Gasteiger partial charge in [-0.2, -0.15) is 0 Å². The molecule has 200 valence electrons. The minimum Gasteiger partial charge on any atom is -0.481 e. The molecule has 5 atom stereocenters. The fourth-order valence-corrected chi connectivity index (χ4v) is 3.06. The molecule has 0 aliphatic carbocycles. The summed E-state index contributed by atoms with van der Waals surface area (Å²) in [6.07, 6.45) is 1.28. The summed E-state index contributed by atoms with van der Waals surface area (Å²) >= 11 is 0. The highest BCUT2D eigenvalue weighted by Crippen LogP contribution is 2.08. The number of carbonyl (C=O) groups excluding carboxylic acids is 3. The number of nitrogens with one attached hydrogen (secondary N) is 4. The number of aromatic amines is 1. The van der Waals surface area contributed by atoms with Crippen LogP contribution >= 0.6 is 0 Å². The Bertz CT molecular complexity index is 936. The molecular formula is C21H32N6O9. The van der Waals surface area contributed by atoms with E-state index in [-0.39, 0.29) is 12.3 Å². The number of hydrogen-bond donors (Lipinski definition) is 8. The van der Waals surface area contributed by atoms with Crippen molar-refractivity contribution in [3.8, 4) is 0 Å². The molecule has 36 heavy (non-hydrogen) atoms. The third-order valence-electron chi connectivity index (χ3n) is 5.44. The van der Waals surface area contributed by atoms with Crippen LogP contribution in [0.15, 0.2) is 12.5 Å². The van der Waals surface area contributed by atoms with Crippen LogP contribution in [-0.4, -0.2) is 85.1 Å². The van der Waals surface area contributed by atoms with Crippen molar-refractivity contribution in [1.82, 2.24) is 25.9 Å². The van der Waals surface area contributed by atoms with Crippen LogP contribution < -0.4 is 21.7 Å². The Balaban J connectivity index is 3.09. The Morgan fingerprint density at radius 3 is 2.03 bits per heavy atom. The maximum absolute atomic E-state index is 12.9. The largest absolute Gasteiger partial charge is 0.481 e. The molecule has 0 aromatic carbocycles. The van der Waals surface area contributed by atoms with E-state index in [2.05, 4.69) is 25.9 Å². The Morgan fingerprint density at radius 2 is 1.53 bits per heavy atom. The van der Waals surface area contributed by atoms with Crippen LogP contribution in [0.3, 0.4) is 0 Å². The average molecular weight is 513 g/mol. The molecule has 15 nitrogen and oxygen atoms in total. The molecule has 5 unspecified atom stereocenters. The molecule has 1 rings (SSSR count). The minimum atomic E-state index is -1.58. The molecule has 0 saturated carbocycles. The molecule has 0 radical (unpaired) electrons. The number of H-pyrrole nitrogens is 1. The summed E-state index contributed by atoms with van der Waals surface area (Å²) in [4.78, 5) is 78.3. The van der Waals surface area contributed by atoms with Gasteiger partial charge in [0.1, 0.15) is 18.1 Å². The standard InChI is InChI=1S/C21H32N6O9/c1-3-10(2)17(22)20(34)27-14(7-16(30)31)19(33)26-13(6-11-8-23-9-24-11)18(32)25-12(21(35)36)4-5-15(28)29/h8-10,12-14,17H,3-7,22H2,1-2H3,(H,23,24)(H,25,32)(H,26,33)(H,27,34)(H,28,29)(H,30,31)(H,35,36). The lowest BCUT2D eigenvalue weighted by molar-refractivity contribution is -0.144. The molecule has 0 aliphatic heterocycles. The summed E-state index contributed by atoms with van der Waals surface area (Å²) in [5.41, 5.74) is 6.24. The van der Waals surface area contributed by atoms with Gasteiger partial charge in [-0.1, -0.05) is 20.3 Å². The van der Waals surface area contributed by atoms with E-state index >= 15 is 0 Å². The van der Waals surface area contributed by atoms with Gasteiger partial charge in [-0.15, -0.1) is 0 Å². The van der Waals surface area contributed by atoms with Gasteiger partial charge in [0.05, 0.1) is 18.8 Å². The second-order valence-electron chi connectivity index (χ2n) is 8.24. The Labute approximate surface area is 206 Å². The maximum Gasteiger partial charge on any atom is 0.326 e. The van der Waals surface area contributed by atoms with Crippen LogP contribution in [0.4, 0.5) is 0 Å². The number of carboxylic acid groups (broad SMARTS) is 3. The summed E-state index contributed by atoms with van der Waals surface area (Å²) in [5.74, 6) is -7.13. The average Bonchev–Trinajstić information content (AvgIpc) is 3.32. The summed E-state index contributed by atoms with van der Waals surface area (Å²) in [5, 5.41) is 34.1. The van der Waals surface area contributed by atoms with Crippen molar-refractivity contribution in [2.75, 3.05) is 0 Å². The van der Waals surface area contributed by atoms with Crippen molar-refractivity contribution < 1.29 is 44.1 Å². The normalized spacial score (nSPS) is 15.0. The van der Waals surface area contributed by atoms with Crippen LogP contribution in [0.25, 0.3) is 0 Å². The van der Waals surface area contributed by atoms with Crippen molar-refractivity contribution >= 4 is 35.6 Å². The molecule has 1 aromatic heterocycles. The zero-order valence-corrected chi connectivity index (χ0v) is 19.9. The fraction of sp³-hybridized carbons (Fsp3) is 0.571. The molecule has 0 saturated heterocycles. The predicted octanol–water partition coefficient (Wildman–Crippen LogP) is -1.80. The zero-order valence-electron chi connectivity index (χ0n) is 19.9. The quantitative estimate of drug-likeness (QED) is 0.123. The van der Waals surface area contributed by atoms with E-state index in [1.165, 1.54) is 12.5 Å². The van der Waals surface area contributed by atoms with Gasteiger partial charge >= 0.3 is 17.9 Å². The number of rotatable bonds is 16. The summed E-state index contributed by atoms with van der Waals surface area (Å²) < 4.78 is 0. The van der Waals surface area contributed by atoms with E-state index in [1.807, 2.05) is 0 Å². The lowest BCUT2D eigenvalue weighted by atomic mass is 9.99. The van der Waals surface area contributed by atoms with Crippen molar-refractivity contribution in [2.24, 2.45) is 11.7 Å². The summed E-state index contributed by atoms with van der Waals surface area (Å²) in [6, 6.07) is -5.56. The Morgan fingerprint density at radius 1 is 0.944 bits per heavy atom. The van der Waals surface area contributed by atoms with Gasteiger partial charge in [0.25, 0.3) is 0 Å². The number of nitrogens with zero attached hydrogens (tertiary/aromatic N) is 1. The number of nitrogens with two attached hydrogens (primary N) is 1. The second kappa shape index (κ2) is 14.4. The summed E-state index contributed by atoms with van der Waals surface area (Å²) in [7, 11) is 0. The lowest BCUT2D eigenvalue weighted by Crippen LogP contribution is -2.58. The third kappa shape index (κ3) is 10.1. The Kier molecular flexibility index (Phi) is 12.0. The number of aromatic nitrogens is 2. The first-order valence-corrected chi connectivity index (χ1v) is 11.2. The number of carbonyl (C=O) groups is 6. The van der Waals surface area contributed by atoms with Gasteiger partial charge in [0, 0.05) is 24.7 Å². The van der Waals surface area contributed by atoms with Gasteiger partial charge in [-0.25, -0.2) is 9.78 Å². The van der Waals surface area contributed by atoms with Gasteiger partial charge in [0.2, 0.25) is 17.7 Å². The van der Waals surface area contributed by atoms with Crippen molar-refractivity contribution in [1.29, 1.82) is 0 Å². The highest BCUT2D eigenvalue weighted by atomic mass is 16.4. The first-order chi connectivity index (χ1) is 16.8. The van der Waals surface area contributed by atoms with Gasteiger partial charge in [0.15, 0.2) is 0 Å². The molecule has 0 aliphatic rings. The monoisotopic (exact) mass is 512 g/mol. The number of amides is 3. The van der Waals surface area contributed by atoms with Crippen LogP contribution in [0.2, 0.25) is 0 Å². The fourth-order valence-electron chi connectivity index (χ4n) is 3.06. The predicted molar refractivity (Wildman–Crippen MR) is 122 cm³/mol. The van der Waals surface area contributed by atoms with Crippen molar-refractivity contribution in [2.45, 2.75) is 70.1 Å². The van der Waals surface area contributed by atoms with E-state index in [9.17, 15) is 39.0 Å². The van der Waals surface area contributed by atoms with E-state index < -0.39 is 79.1 Å². The van der Waals surface area contributed by atoms with Crippen molar-refractivity contribution in [3.63, 3.8) is 0 Å². The number of aliphatic carboxylic acids is 3. The van der Waals surface area contributed by atoms with Crippen LogP contribution in [-0.2, 0) is 35.2 Å². The number of hydrogen-bond acceptors (Lipinski definition) is 8. The van der Waals surface area contributed by atoms with Gasteiger partial charge in [-0.3, -0.25) is 24.0 Å². The van der Waals surface area contributed by atoms with E-state index in [1.54, 1.807) is 13.8 Å².